The molecule has 2 heterocycles. The second-order valence-corrected chi connectivity index (χ2v) is 9.86. The standard InChI is InChI=1S/C28H35ClN4O2/c1-20(2)35-19-25(34)18-32-13-15-33(16-14-32)28-26(17-22-9-11-24(29)12-10-22)21(3)30-27(31-28)23-7-5-4-6-8-23/h4-12,20,25,34H,13-19H2,1-3H3/t25-/m0/s1. The average molecular weight is 495 g/mol. The molecule has 186 valence electrons. The number of ether oxygens (including phenoxy) is 1. The van der Waals surface area contributed by atoms with Crippen LogP contribution in [0.1, 0.15) is 30.7 Å². The van der Waals surface area contributed by atoms with Gasteiger partial charge in [-0.15, -0.1) is 0 Å². The maximum absolute atomic E-state index is 10.3. The van der Waals surface area contributed by atoms with Gasteiger partial charge in [-0.25, -0.2) is 9.97 Å². The van der Waals surface area contributed by atoms with Crippen LogP contribution in [0.5, 0.6) is 0 Å². The van der Waals surface area contributed by atoms with Crippen LogP contribution in [0.15, 0.2) is 54.6 Å². The Hall–Kier alpha value is -2.51. The first-order chi connectivity index (χ1) is 16.9. The summed E-state index contributed by atoms with van der Waals surface area (Å²) in [6.07, 6.45) is 0.398. The summed E-state index contributed by atoms with van der Waals surface area (Å²) in [6, 6.07) is 18.1. The number of aliphatic hydroxyl groups is 1. The number of piperazine rings is 1. The van der Waals surface area contributed by atoms with Gasteiger partial charge < -0.3 is 14.7 Å². The molecule has 7 heteroatoms. The zero-order valence-electron chi connectivity index (χ0n) is 20.8. The third kappa shape index (κ3) is 7.01. The Kier molecular flexibility index (Phi) is 8.74. The van der Waals surface area contributed by atoms with Gasteiger partial charge in [0.25, 0.3) is 0 Å². The lowest BCUT2D eigenvalue weighted by Crippen LogP contribution is -2.49. The Labute approximate surface area is 213 Å². The Morgan fingerprint density at radius 3 is 2.31 bits per heavy atom. The van der Waals surface area contributed by atoms with Gasteiger partial charge in [0.05, 0.1) is 18.8 Å². The van der Waals surface area contributed by atoms with E-state index in [2.05, 4.69) is 41.0 Å². The summed E-state index contributed by atoms with van der Waals surface area (Å²) in [6.45, 7) is 10.5. The van der Waals surface area contributed by atoms with Crippen LogP contribution in [-0.2, 0) is 11.2 Å². The summed E-state index contributed by atoms with van der Waals surface area (Å²) in [5.41, 5.74) is 4.34. The van der Waals surface area contributed by atoms with E-state index in [9.17, 15) is 5.11 Å². The van der Waals surface area contributed by atoms with Crippen molar-refractivity contribution in [2.24, 2.45) is 0 Å². The van der Waals surface area contributed by atoms with E-state index in [0.29, 0.717) is 13.2 Å². The van der Waals surface area contributed by atoms with E-state index in [4.69, 9.17) is 26.3 Å². The summed E-state index contributed by atoms with van der Waals surface area (Å²) >= 11 is 6.11. The highest BCUT2D eigenvalue weighted by Gasteiger charge is 2.24. The topological polar surface area (TPSA) is 61.7 Å². The first-order valence-electron chi connectivity index (χ1n) is 12.3. The lowest BCUT2D eigenvalue weighted by atomic mass is 10.0. The highest BCUT2D eigenvalue weighted by molar-refractivity contribution is 6.30. The molecular weight excluding hydrogens is 460 g/mol. The molecule has 2 aromatic carbocycles. The summed E-state index contributed by atoms with van der Waals surface area (Å²) in [5, 5.41) is 11.1. The van der Waals surface area contributed by atoms with Gasteiger partial charge in [0.1, 0.15) is 5.82 Å². The Morgan fingerprint density at radius 1 is 0.971 bits per heavy atom. The van der Waals surface area contributed by atoms with Crippen molar-refractivity contribution in [2.45, 2.75) is 39.4 Å². The van der Waals surface area contributed by atoms with Crippen molar-refractivity contribution in [3.05, 3.63) is 76.4 Å². The highest BCUT2D eigenvalue weighted by Crippen LogP contribution is 2.28. The fourth-order valence-corrected chi connectivity index (χ4v) is 4.49. The number of aryl methyl sites for hydroxylation is 1. The number of rotatable bonds is 9. The minimum atomic E-state index is -0.476. The highest BCUT2D eigenvalue weighted by atomic mass is 35.5. The second kappa shape index (κ2) is 12.0. The molecule has 3 aromatic rings. The van der Waals surface area contributed by atoms with Gasteiger partial charge in [-0.1, -0.05) is 54.1 Å². The molecule has 0 bridgehead atoms. The molecule has 1 aromatic heterocycles. The van der Waals surface area contributed by atoms with E-state index < -0.39 is 6.10 Å². The Morgan fingerprint density at radius 2 is 1.66 bits per heavy atom. The first kappa shape index (κ1) is 25.6. The molecule has 1 N–H and O–H groups in total. The molecule has 0 aliphatic carbocycles. The number of nitrogens with zero attached hydrogens (tertiary/aromatic N) is 4. The molecule has 1 saturated heterocycles. The third-order valence-corrected chi connectivity index (χ3v) is 6.53. The average Bonchev–Trinajstić information content (AvgIpc) is 2.86. The number of hydrogen-bond acceptors (Lipinski definition) is 6. The van der Waals surface area contributed by atoms with E-state index in [0.717, 1.165) is 66.1 Å². The molecule has 1 atom stereocenters. The number of benzene rings is 2. The van der Waals surface area contributed by atoms with Crippen molar-refractivity contribution in [2.75, 3.05) is 44.2 Å². The van der Waals surface area contributed by atoms with Crippen molar-refractivity contribution in [3.63, 3.8) is 0 Å². The molecule has 35 heavy (non-hydrogen) atoms. The number of aliphatic hydroxyl groups excluding tert-OH is 1. The van der Waals surface area contributed by atoms with Gasteiger partial charge >= 0.3 is 0 Å². The van der Waals surface area contributed by atoms with Crippen molar-refractivity contribution in [3.8, 4) is 11.4 Å². The summed E-state index contributed by atoms with van der Waals surface area (Å²) < 4.78 is 5.57. The van der Waals surface area contributed by atoms with E-state index >= 15 is 0 Å². The molecule has 0 amide bonds. The van der Waals surface area contributed by atoms with Gasteiger partial charge in [0.2, 0.25) is 0 Å². The maximum atomic E-state index is 10.3. The van der Waals surface area contributed by atoms with Crippen LogP contribution >= 0.6 is 11.6 Å². The van der Waals surface area contributed by atoms with Crippen LogP contribution in [0.4, 0.5) is 5.82 Å². The van der Waals surface area contributed by atoms with Crippen LogP contribution in [-0.4, -0.2) is 71.5 Å². The molecule has 0 spiro atoms. The summed E-state index contributed by atoms with van der Waals surface area (Å²) in [7, 11) is 0. The molecule has 0 radical (unpaired) electrons. The molecule has 6 nitrogen and oxygen atoms in total. The second-order valence-electron chi connectivity index (χ2n) is 9.43. The van der Waals surface area contributed by atoms with Crippen molar-refractivity contribution in [1.29, 1.82) is 0 Å². The Balaban J connectivity index is 1.55. The zero-order chi connectivity index (χ0) is 24.8. The van der Waals surface area contributed by atoms with Gasteiger partial charge in [-0.3, -0.25) is 4.90 Å². The fraction of sp³-hybridized carbons (Fsp3) is 0.429. The van der Waals surface area contributed by atoms with Crippen LogP contribution in [0.3, 0.4) is 0 Å². The quantitative estimate of drug-likeness (QED) is 0.469. The predicted molar refractivity (Wildman–Crippen MR) is 142 cm³/mol. The van der Waals surface area contributed by atoms with Crippen LogP contribution in [0, 0.1) is 6.92 Å². The SMILES string of the molecule is Cc1nc(-c2ccccc2)nc(N2CCN(C[C@H](O)COC(C)C)CC2)c1Cc1ccc(Cl)cc1. The van der Waals surface area contributed by atoms with E-state index in [1.165, 1.54) is 5.56 Å². The van der Waals surface area contributed by atoms with Crippen LogP contribution in [0.2, 0.25) is 5.02 Å². The van der Waals surface area contributed by atoms with Crippen LogP contribution < -0.4 is 4.90 Å². The number of hydrogen-bond donors (Lipinski definition) is 1. The normalized spacial score (nSPS) is 15.5. The maximum Gasteiger partial charge on any atom is 0.161 e. The van der Waals surface area contributed by atoms with Gasteiger partial charge in [-0.2, -0.15) is 0 Å². The molecule has 1 fully saturated rings. The van der Waals surface area contributed by atoms with Gasteiger partial charge in [0.15, 0.2) is 5.82 Å². The molecule has 1 aliphatic heterocycles. The van der Waals surface area contributed by atoms with Gasteiger partial charge in [-0.05, 0) is 38.5 Å². The third-order valence-electron chi connectivity index (χ3n) is 6.28. The Bertz CT molecular complexity index is 1080. The minimum absolute atomic E-state index is 0.125. The molecule has 1 aliphatic rings. The number of anilines is 1. The van der Waals surface area contributed by atoms with Crippen molar-refractivity contribution in [1.82, 2.24) is 14.9 Å². The largest absolute Gasteiger partial charge is 0.389 e. The number of β-amino-alcohol motifs (C(OH)–C–C–N with tert-alkyl or cyclic N) is 1. The van der Waals surface area contributed by atoms with Gasteiger partial charge in [0, 0.05) is 61.0 Å². The lowest BCUT2D eigenvalue weighted by molar-refractivity contribution is -0.00901. The summed E-state index contributed by atoms with van der Waals surface area (Å²) in [4.78, 5) is 14.6. The lowest BCUT2D eigenvalue weighted by Gasteiger charge is -2.37. The summed E-state index contributed by atoms with van der Waals surface area (Å²) in [5.74, 6) is 1.75. The van der Waals surface area contributed by atoms with Crippen LogP contribution in [0.25, 0.3) is 11.4 Å². The molecule has 0 saturated carbocycles. The monoisotopic (exact) mass is 494 g/mol. The van der Waals surface area contributed by atoms with E-state index in [1.54, 1.807) is 0 Å². The smallest absolute Gasteiger partial charge is 0.161 e. The number of halogens is 1. The van der Waals surface area contributed by atoms with E-state index in [1.807, 2.05) is 44.2 Å². The molecule has 0 unspecified atom stereocenters. The van der Waals surface area contributed by atoms with Crippen molar-refractivity contribution >= 4 is 17.4 Å². The molecular formula is C28H35ClN4O2. The molecule has 4 rings (SSSR count). The number of aromatic nitrogens is 2. The fourth-order valence-electron chi connectivity index (χ4n) is 4.37. The minimum Gasteiger partial charge on any atom is -0.389 e. The predicted octanol–water partition coefficient (Wildman–Crippen LogP) is 4.60. The zero-order valence-corrected chi connectivity index (χ0v) is 21.6. The van der Waals surface area contributed by atoms with E-state index in [-0.39, 0.29) is 6.10 Å². The van der Waals surface area contributed by atoms with Crippen molar-refractivity contribution < 1.29 is 9.84 Å². The first-order valence-corrected chi connectivity index (χ1v) is 12.7.